The maximum atomic E-state index is 9.10. The van der Waals surface area contributed by atoms with Crippen LogP contribution in [0.3, 0.4) is 0 Å². The zero-order valence-corrected chi connectivity index (χ0v) is 45.0. The third-order valence-corrected chi connectivity index (χ3v) is 14.5. The van der Waals surface area contributed by atoms with Crippen LogP contribution in [0.4, 0.5) is 17.1 Å². The Balaban J connectivity index is 0.00000651. The topological polar surface area (TPSA) is 39.6 Å². The van der Waals surface area contributed by atoms with Crippen molar-refractivity contribution in [2.24, 2.45) is 0 Å². The molecule has 13 rings (SSSR count). The number of benzene rings is 9. The third kappa shape index (κ3) is 8.24. The predicted molar refractivity (Wildman–Crippen MR) is 311 cm³/mol. The summed E-state index contributed by atoms with van der Waals surface area (Å²) in [4.78, 5) is 10.9. The van der Waals surface area contributed by atoms with Gasteiger partial charge < -0.3 is 18.8 Å². The van der Waals surface area contributed by atoms with Crippen LogP contribution in [0.5, 0.6) is 11.5 Å². The summed E-state index contributed by atoms with van der Waals surface area (Å²) < 4.78 is 55.1. The maximum absolute atomic E-state index is 9.10. The molecule has 0 unspecified atom stereocenters. The zero-order valence-electron chi connectivity index (χ0n) is 47.7. The summed E-state index contributed by atoms with van der Waals surface area (Å²) in [6, 6.07) is 61.1. The maximum Gasteiger partial charge on any atom is 0.135 e. The number of hydrogen-bond donors (Lipinski definition) is 0. The van der Waals surface area contributed by atoms with Crippen molar-refractivity contribution in [2.45, 2.75) is 52.4 Å². The van der Waals surface area contributed by atoms with Gasteiger partial charge in [0.2, 0.25) is 0 Å². The molecule has 1 aliphatic rings. The molecule has 0 bridgehead atoms. The second kappa shape index (κ2) is 18.6. The van der Waals surface area contributed by atoms with E-state index in [2.05, 4.69) is 201 Å². The van der Waals surface area contributed by atoms with Crippen molar-refractivity contribution in [1.29, 1.82) is 0 Å². The van der Waals surface area contributed by atoms with Crippen LogP contribution in [0, 0.1) is 25.4 Å². The van der Waals surface area contributed by atoms with E-state index < -0.39 is 11.5 Å². The molecule has 6 nitrogen and oxygen atoms in total. The Kier molecular flexibility index (Phi) is 10.5. The summed E-state index contributed by atoms with van der Waals surface area (Å²) in [5, 5.41) is 8.17. The van der Waals surface area contributed by atoms with Gasteiger partial charge in [0.25, 0.3) is 0 Å². The van der Waals surface area contributed by atoms with E-state index in [-0.39, 0.29) is 56.2 Å². The van der Waals surface area contributed by atoms with Gasteiger partial charge in [-0.25, -0.2) is 4.98 Å². The Labute approximate surface area is 464 Å². The minimum Gasteiger partial charge on any atom is -0.510 e. The SMILES string of the molecule is [2H]c1c([2H])c([2H])c(-c2cc(-c3cccc4c5ccccc5c5ccccc5c5cccc6c5n(c34)[CH-]N6c3[c-]c(Oc4[c-]c5c(cc4)c4ccccc4n5-c4cc(C(C)(C)C)ccn4)cc([N+]#[C-])c3)cc(C(C)(C)C)c2)c([2H])c1[2H].[Pt]. The molecule has 0 N–H and O–H groups in total. The standard InChI is InChI=1S/C69H52N5O.Pt/c1-68(2,3)47-33-34-71-65(38-47)74-62-29-16-15-25-58(62)59-32-31-51(42-64(59)74)75-52-40-49(70-7)39-50(41-52)72-43-73-66-53(46-35-45(44-19-9-8-10-20-44)36-48(37-46)69(4,5)6)26-17-27-60(66)56-23-13-11-21-54(56)55-22-12-14-24-57(55)61-28-18-30-63(72)67(61)73;/h8-40,43H,1-6H3;/q-3;/i8D,9D,10D,19D,20D;. The minimum absolute atomic E-state index is 0. The van der Waals surface area contributed by atoms with Gasteiger partial charge in [-0.1, -0.05) is 192 Å². The largest absolute Gasteiger partial charge is 0.510 e. The van der Waals surface area contributed by atoms with Crippen molar-refractivity contribution in [3.05, 3.63) is 242 Å². The average Bonchev–Trinajstić information content (AvgIpc) is 4.07. The molecule has 12 aromatic rings. The molecule has 0 saturated carbocycles. The van der Waals surface area contributed by atoms with Gasteiger partial charge in [-0.3, -0.25) is 4.85 Å². The number of aromatic nitrogens is 3. The van der Waals surface area contributed by atoms with Gasteiger partial charge in [0.1, 0.15) is 5.82 Å². The van der Waals surface area contributed by atoms with Gasteiger partial charge in [-0.05, 0) is 130 Å². The van der Waals surface area contributed by atoms with E-state index in [9.17, 15) is 0 Å². The van der Waals surface area contributed by atoms with E-state index in [1.54, 1.807) is 6.07 Å². The smallest absolute Gasteiger partial charge is 0.135 e. The second-order valence-electron chi connectivity index (χ2n) is 21.3. The van der Waals surface area contributed by atoms with Gasteiger partial charge >= 0.3 is 0 Å². The summed E-state index contributed by atoms with van der Waals surface area (Å²) in [7, 11) is 0. The molecule has 0 radical (unpaired) electrons. The quantitative estimate of drug-likeness (QED) is 0.156. The Bertz CT molecular complexity index is 4710. The molecular formula is C69H52N5OPt-3. The third-order valence-electron chi connectivity index (χ3n) is 14.5. The van der Waals surface area contributed by atoms with Crippen LogP contribution in [-0.2, 0) is 31.9 Å². The van der Waals surface area contributed by atoms with Gasteiger partial charge in [-0.2, -0.15) is 6.07 Å². The molecule has 0 spiro atoms. The van der Waals surface area contributed by atoms with E-state index in [1.807, 2.05) is 42.6 Å². The fraction of sp³-hybridized carbons (Fsp3) is 0.116. The summed E-state index contributed by atoms with van der Waals surface area (Å²) in [5.41, 5.74) is 9.27. The van der Waals surface area contributed by atoms with E-state index in [0.29, 0.717) is 28.4 Å². The molecule has 0 amide bonds. The van der Waals surface area contributed by atoms with Crippen LogP contribution >= 0.6 is 0 Å². The molecule has 76 heavy (non-hydrogen) atoms. The van der Waals surface area contributed by atoms with Gasteiger partial charge in [0, 0.05) is 50.0 Å². The number of ether oxygens (including phenoxy) is 1. The number of anilines is 2. The number of fused-ring (bicyclic) bond motifs is 10. The molecule has 0 fully saturated rings. The number of para-hydroxylation sites is 3. The molecule has 372 valence electrons. The molecule has 7 heteroatoms. The molecule has 1 aliphatic heterocycles. The first-order chi connectivity index (χ1) is 38.5. The van der Waals surface area contributed by atoms with Crippen molar-refractivity contribution in [1.82, 2.24) is 14.1 Å². The van der Waals surface area contributed by atoms with E-state index in [1.165, 1.54) is 0 Å². The van der Waals surface area contributed by atoms with Crippen molar-refractivity contribution >= 4 is 82.2 Å². The van der Waals surface area contributed by atoms with Gasteiger partial charge in [-0.15, -0.1) is 35.7 Å². The van der Waals surface area contributed by atoms with Gasteiger partial charge in [0.05, 0.1) is 19.1 Å². The predicted octanol–water partition coefficient (Wildman–Crippen LogP) is 18.7. The normalized spacial score (nSPS) is 13.2. The van der Waals surface area contributed by atoms with Crippen LogP contribution in [0.25, 0.3) is 98.1 Å². The molecule has 0 saturated heterocycles. The molecule has 3 aromatic heterocycles. The summed E-state index contributed by atoms with van der Waals surface area (Å²) >= 11 is 0. The monoisotopic (exact) mass is 1170 g/mol. The number of pyridine rings is 1. The second-order valence-corrected chi connectivity index (χ2v) is 21.3. The molecule has 9 aromatic carbocycles. The van der Waals surface area contributed by atoms with Crippen LogP contribution in [0.2, 0.25) is 0 Å². The molecule has 0 atom stereocenters. The van der Waals surface area contributed by atoms with Crippen molar-refractivity contribution < 1.29 is 32.7 Å². The van der Waals surface area contributed by atoms with Crippen LogP contribution < -0.4 is 9.64 Å². The van der Waals surface area contributed by atoms with E-state index >= 15 is 0 Å². The average molecular weight is 1170 g/mol. The molecular weight excluding hydrogens is 1110 g/mol. The van der Waals surface area contributed by atoms with Crippen molar-refractivity contribution in [2.75, 3.05) is 4.90 Å². The van der Waals surface area contributed by atoms with Crippen LogP contribution in [0.1, 0.15) is 59.5 Å². The molecule has 4 heterocycles. The minimum atomic E-state index is -0.437. The van der Waals surface area contributed by atoms with Crippen LogP contribution in [0.15, 0.2) is 200 Å². The number of nitrogens with zero attached hydrogens (tertiary/aromatic N) is 5. The Morgan fingerprint density at radius 2 is 1.20 bits per heavy atom. The number of rotatable bonds is 6. The van der Waals surface area contributed by atoms with E-state index in [0.717, 1.165) is 98.9 Å². The first-order valence-corrected chi connectivity index (χ1v) is 25.1. The summed E-state index contributed by atoms with van der Waals surface area (Å²) in [5.74, 6) is 1.56. The summed E-state index contributed by atoms with van der Waals surface area (Å²) in [6.07, 6.45) is 1.86. The Morgan fingerprint density at radius 1 is 0.566 bits per heavy atom. The first-order valence-electron chi connectivity index (χ1n) is 27.6. The Hall–Kier alpha value is -8.62. The van der Waals surface area contributed by atoms with Crippen molar-refractivity contribution in [3.63, 3.8) is 0 Å². The fourth-order valence-corrected chi connectivity index (χ4v) is 10.8. The number of hydrogen-bond acceptors (Lipinski definition) is 3. The molecule has 0 aliphatic carbocycles. The Morgan fingerprint density at radius 3 is 1.89 bits per heavy atom. The van der Waals surface area contributed by atoms with Crippen molar-refractivity contribution in [3.8, 4) is 39.6 Å². The summed E-state index contributed by atoms with van der Waals surface area (Å²) in [6.45, 7) is 23.4. The fourth-order valence-electron chi connectivity index (χ4n) is 10.8. The zero-order chi connectivity index (χ0) is 55.5. The van der Waals surface area contributed by atoms with E-state index in [4.69, 9.17) is 23.1 Å². The van der Waals surface area contributed by atoms with Gasteiger partial charge in [0.15, 0.2) is 0 Å². The first kappa shape index (κ1) is 42.7. The van der Waals surface area contributed by atoms with Crippen LogP contribution in [-0.4, -0.2) is 14.1 Å².